The highest BCUT2D eigenvalue weighted by atomic mass is 28.3. The summed E-state index contributed by atoms with van der Waals surface area (Å²) in [6.07, 6.45) is 0. The molecule has 0 rings (SSSR count). The average molecular weight is 257 g/mol. The first-order chi connectivity index (χ1) is 7.57. The van der Waals surface area contributed by atoms with Crippen molar-refractivity contribution in [1.29, 1.82) is 0 Å². The molecule has 0 atom stereocenters. The van der Waals surface area contributed by atoms with Crippen LogP contribution in [0.15, 0.2) is 11.4 Å². The van der Waals surface area contributed by atoms with E-state index in [2.05, 4.69) is 52.9 Å². The Labute approximate surface area is 106 Å². The quantitative estimate of drug-likeness (QED) is 0.493. The van der Waals surface area contributed by atoms with Crippen molar-refractivity contribution in [3.63, 3.8) is 0 Å². The van der Waals surface area contributed by atoms with Crippen molar-refractivity contribution in [2.24, 2.45) is 0 Å². The maximum Gasteiger partial charge on any atom is 0.0761 e. The predicted octanol–water partition coefficient (Wildman–Crippen LogP) is 5.64. The second-order valence-corrected chi connectivity index (χ2v) is 15.5. The molecule has 0 nitrogen and oxygen atoms in total. The van der Waals surface area contributed by atoms with Gasteiger partial charge in [-0.15, -0.1) is 11.4 Å². The van der Waals surface area contributed by atoms with Gasteiger partial charge in [-0.1, -0.05) is 77.8 Å². The normalized spacial score (nSPS) is 13.6. The molecule has 0 unspecified atom stereocenters. The fourth-order valence-corrected chi connectivity index (χ4v) is 9.80. The lowest BCUT2D eigenvalue weighted by Gasteiger charge is -2.29. The molecule has 0 radical (unpaired) electrons. The lowest BCUT2D eigenvalue weighted by Crippen LogP contribution is -2.34. The Morgan fingerprint density at radius 3 is 0.812 bits per heavy atom. The van der Waals surface area contributed by atoms with Crippen LogP contribution in [0.5, 0.6) is 0 Å². The van der Waals surface area contributed by atoms with Crippen LogP contribution in [0.3, 0.4) is 0 Å². The highest BCUT2D eigenvalue weighted by molar-refractivity contribution is 6.89. The third kappa shape index (κ3) is 3.88. The molecule has 0 bridgehead atoms. The lowest BCUT2D eigenvalue weighted by molar-refractivity contribution is 1.18. The third-order valence-corrected chi connectivity index (χ3v) is 15.5. The SMILES string of the molecule is CC[Si](C=C[Si](CC)(CC)CC)(CC)CC. The van der Waals surface area contributed by atoms with Crippen LogP contribution >= 0.6 is 0 Å². The predicted molar refractivity (Wildman–Crippen MR) is 83.5 cm³/mol. The highest BCUT2D eigenvalue weighted by Gasteiger charge is 2.27. The van der Waals surface area contributed by atoms with Crippen LogP contribution in [0.4, 0.5) is 0 Å². The van der Waals surface area contributed by atoms with Crippen molar-refractivity contribution in [2.45, 2.75) is 77.8 Å². The van der Waals surface area contributed by atoms with E-state index in [1.165, 1.54) is 36.3 Å². The fourth-order valence-electron chi connectivity index (χ4n) is 2.56. The van der Waals surface area contributed by atoms with Crippen LogP contribution in [0.2, 0.25) is 36.3 Å². The molecular formula is C14H32Si2. The maximum absolute atomic E-state index is 2.73. The average Bonchev–Trinajstić information content (AvgIpc) is 2.37. The molecule has 0 heterocycles. The van der Waals surface area contributed by atoms with Crippen molar-refractivity contribution in [3.05, 3.63) is 11.4 Å². The van der Waals surface area contributed by atoms with Crippen molar-refractivity contribution in [3.8, 4) is 0 Å². The van der Waals surface area contributed by atoms with Gasteiger partial charge in [0.1, 0.15) is 0 Å². The van der Waals surface area contributed by atoms with E-state index >= 15 is 0 Å². The van der Waals surface area contributed by atoms with Gasteiger partial charge in [0.2, 0.25) is 0 Å². The van der Waals surface area contributed by atoms with E-state index in [1.54, 1.807) is 0 Å². The molecular weight excluding hydrogens is 224 g/mol. The molecule has 2 heteroatoms. The minimum absolute atomic E-state index is 1.02. The second kappa shape index (κ2) is 7.49. The van der Waals surface area contributed by atoms with E-state index in [-0.39, 0.29) is 0 Å². The summed E-state index contributed by atoms with van der Waals surface area (Å²) >= 11 is 0. The molecule has 0 amide bonds. The van der Waals surface area contributed by atoms with Gasteiger partial charge in [0.25, 0.3) is 0 Å². The van der Waals surface area contributed by atoms with Gasteiger partial charge in [0.15, 0.2) is 0 Å². The Morgan fingerprint density at radius 1 is 0.500 bits per heavy atom. The van der Waals surface area contributed by atoms with Gasteiger partial charge in [-0.05, 0) is 0 Å². The number of hydrogen-bond acceptors (Lipinski definition) is 0. The molecule has 0 saturated carbocycles. The summed E-state index contributed by atoms with van der Waals surface area (Å²) in [5.41, 5.74) is 5.46. The van der Waals surface area contributed by atoms with Gasteiger partial charge >= 0.3 is 0 Å². The molecule has 0 aromatic heterocycles. The summed E-state index contributed by atoms with van der Waals surface area (Å²) in [5, 5.41) is 0. The zero-order valence-electron chi connectivity index (χ0n) is 12.4. The van der Waals surface area contributed by atoms with E-state index in [0.717, 1.165) is 0 Å². The maximum atomic E-state index is 2.73. The minimum atomic E-state index is -1.02. The van der Waals surface area contributed by atoms with E-state index in [1.807, 2.05) is 0 Å². The highest BCUT2D eigenvalue weighted by Crippen LogP contribution is 2.26. The van der Waals surface area contributed by atoms with E-state index in [0.29, 0.717) is 0 Å². The van der Waals surface area contributed by atoms with Gasteiger partial charge in [-0.3, -0.25) is 0 Å². The fraction of sp³-hybridized carbons (Fsp3) is 0.857. The van der Waals surface area contributed by atoms with Crippen molar-refractivity contribution in [1.82, 2.24) is 0 Å². The van der Waals surface area contributed by atoms with Crippen LogP contribution in [0, 0.1) is 0 Å². The van der Waals surface area contributed by atoms with Gasteiger partial charge < -0.3 is 0 Å². The summed E-state index contributed by atoms with van der Waals surface area (Å²) in [6.45, 7) is 14.4. The molecule has 0 aromatic rings. The van der Waals surface area contributed by atoms with E-state index in [9.17, 15) is 0 Å². The second-order valence-electron chi connectivity index (χ2n) is 5.18. The summed E-state index contributed by atoms with van der Waals surface area (Å²) < 4.78 is 0. The monoisotopic (exact) mass is 256 g/mol. The van der Waals surface area contributed by atoms with Gasteiger partial charge in [-0.2, -0.15) is 0 Å². The Morgan fingerprint density at radius 2 is 0.688 bits per heavy atom. The Kier molecular flexibility index (Phi) is 7.57. The Bertz CT molecular complexity index is 162. The summed E-state index contributed by atoms with van der Waals surface area (Å²) in [4.78, 5) is 0. The first kappa shape index (κ1) is 16.2. The number of hydrogen-bond donors (Lipinski definition) is 0. The van der Waals surface area contributed by atoms with Crippen molar-refractivity contribution >= 4 is 16.1 Å². The summed E-state index contributed by atoms with van der Waals surface area (Å²) in [5.74, 6) is 0. The molecule has 0 aliphatic carbocycles. The molecule has 0 fully saturated rings. The van der Waals surface area contributed by atoms with Crippen LogP contribution in [-0.4, -0.2) is 16.1 Å². The molecule has 16 heavy (non-hydrogen) atoms. The number of rotatable bonds is 8. The van der Waals surface area contributed by atoms with Gasteiger partial charge in [-0.25, -0.2) is 0 Å². The standard InChI is InChI=1S/C14H32Si2/c1-7-15(8-2,9-3)13-14-16(10-4,11-5)12-6/h13-14H,7-12H2,1-6H3. The van der Waals surface area contributed by atoms with Crippen LogP contribution in [-0.2, 0) is 0 Å². The molecule has 0 spiro atoms. The molecule has 96 valence electrons. The molecule has 0 N–H and O–H groups in total. The van der Waals surface area contributed by atoms with E-state index in [4.69, 9.17) is 0 Å². The molecule has 0 aliphatic rings. The van der Waals surface area contributed by atoms with Crippen molar-refractivity contribution < 1.29 is 0 Å². The first-order valence-corrected chi connectivity index (χ1v) is 12.7. The van der Waals surface area contributed by atoms with Gasteiger partial charge in [0, 0.05) is 0 Å². The molecule has 0 aliphatic heterocycles. The van der Waals surface area contributed by atoms with E-state index < -0.39 is 16.1 Å². The summed E-state index contributed by atoms with van der Waals surface area (Å²) in [7, 11) is -2.04. The molecule has 0 saturated heterocycles. The van der Waals surface area contributed by atoms with Gasteiger partial charge in [0.05, 0.1) is 16.1 Å². The summed E-state index contributed by atoms with van der Waals surface area (Å²) in [6, 6.07) is 8.57. The van der Waals surface area contributed by atoms with Crippen molar-refractivity contribution in [2.75, 3.05) is 0 Å². The smallest absolute Gasteiger partial charge is 0.0761 e. The minimum Gasteiger partial charge on any atom is -0.102 e. The Balaban J connectivity index is 4.88. The van der Waals surface area contributed by atoms with Crippen LogP contribution in [0.25, 0.3) is 0 Å². The zero-order chi connectivity index (χ0) is 12.7. The first-order valence-electron chi connectivity index (χ1n) is 7.27. The topological polar surface area (TPSA) is 0 Å². The lowest BCUT2D eigenvalue weighted by atomic mass is 10.9. The van der Waals surface area contributed by atoms with Crippen LogP contribution < -0.4 is 0 Å². The largest absolute Gasteiger partial charge is 0.102 e. The Hall–Kier alpha value is 0.174. The van der Waals surface area contributed by atoms with Crippen LogP contribution in [0.1, 0.15) is 41.5 Å². The third-order valence-electron chi connectivity index (χ3n) is 5.02. The molecule has 0 aromatic carbocycles. The zero-order valence-corrected chi connectivity index (χ0v) is 14.4.